The van der Waals surface area contributed by atoms with E-state index in [0.717, 1.165) is 35.9 Å². The molecule has 2 rings (SSSR count). The van der Waals surface area contributed by atoms with Crippen LogP contribution in [0.1, 0.15) is 25.5 Å². The molecule has 0 aliphatic carbocycles. The fourth-order valence-corrected chi connectivity index (χ4v) is 2.52. The molecule has 0 radical (unpaired) electrons. The Bertz CT molecular complexity index is 617. The van der Waals surface area contributed by atoms with Crippen molar-refractivity contribution in [1.29, 1.82) is 0 Å². The van der Waals surface area contributed by atoms with Crippen LogP contribution in [0, 0.1) is 0 Å². The van der Waals surface area contributed by atoms with Crippen molar-refractivity contribution in [3.63, 3.8) is 0 Å². The molecule has 114 valence electrons. The van der Waals surface area contributed by atoms with Gasteiger partial charge in [-0.25, -0.2) is 0 Å². The van der Waals surface area contributed by atoms with Gasteiger partial charge in [0.1, 0.15) is 0 Å². The number of hydrogen-bond acceptors (Lipinski definition) is 3. The Morgan fingerprint density at radius 2 is 2.00 bits per heavy atom. The van der Waals surface area contributed by atoms with Crippen molar-refractivity contribution < 1.29 is 9.47 Å². The van der Waals surface area contributed by atoms with Crippen molar-refractivity contribution in [3.8, 4) is 11.5 Å². The van der Waals surface area contributed by atoms with Crippen molar-refractivity contribution in [1.82, 2.24) is 4.98 Å². The monoisotopic (exact) mass is 327 g/mol. The summed E-state index contributed by atoms with van der Waals surface area (Å²) in [6, 6.07) is 5.67. The number of aryl methyl sites for hydroxylation is 1. The van der Waals surface area contributed by atoms with Gasteiger partial charge in [-0.3, -0.25) is 4.98 Å². The highest BCUT2D eigenvalue weighted by molar-refractivity contribution is 6.35. The Kier molecular flexibility index (Phi) is 5.95. The molecule has 1 aromatic carbocycles. The van der Waals surface area contributed by atoms with Crippen molar-refractivity contribution in [2.45, 2.75) is 26.2 Å². The molecule has 1 heterocycles. The average molecular weight is 328 g/mol. The minimum atomic E-state index is 0.549. The molecule has 0 bridgehead atoms. The zero-order valence-corrected chi connectivity index (χ0v) is 13.8. The zero-order valence-electron chi connectivity index (χ0n) is 12.3. The smallest absolute Gasteiger partial charge is 0.163 e. The van der Waals surface area contributed by atoms with Crippen LogP contribution < -0.4 is 9.47 Å². The normalized spacial score (nSPS) is 10.9. The van der Waals surface area contributed by atoms with Crippen LogP contribution in [0.25, 0.3) is 10.9 Å². The molecule has 0 unspecified atom stereocenters. The second-order valence-electron chi connectivity index (χ2n) is 4.76. The van der Waals surface area contributed by atoms with Gasteiger partial charge in [-0.15, -0.1) is 11.6 Å². The fourth-order valence-electron chi connectivity index (χ4n) is 2.14. The van der Waals surface area contributed by atoms with Crippen LogP contribution in [0.15, 0.2) is 18.2 Å². The molecule has 0 spiro atoms. The van der Waals surface area contributed by atoms with Crippen molar-refractivity contribution in [2.24, 2.45) is 0 Å². The van der Waals surface area contributed by atoms with Gasteiger partial charge in [0.2, 0.25) is 0 Å². The molecule has 5 heteroatoms. The van der Waals surface area contributed by atoms with E-state index >= 15 is 0 Å². The Morgan fingerprint density at radius 1 is 1.19 bits per heavy atom. The first-order valence-electron chi connectivity index (χ1n) is 7.05. The van der Waals surface area contributed by atoms with Crippen molar-refractivity contribution in [3.05, 3.63) is 28.9 Å². The highest BCUT2D eigenvalue weighted by Gasteiger charge is 2.11. The number of hydrogen-bond donors (Lipinski definition) is 0. The van der Waals surface area contributed by atoms with Gasteiger partial charge in [0, 0.05) is 23.0 Å². The average Bonchev–Trinajstić information content (AvgIpc) is 2.47. The van der Waals surface area contributed by atoms with E-state index in [-0.39, 0.29) is 0 Å². The first-order chi connectivity index (χ1) is 10.2. The van der Waals surface area contributed by atoms with E-state index in [1.54, 1.807) is 7.11 Å². The maximum absolute atomic E-state index is 6.35. The largest absolute Gasteiger partial charge is 0.493 e. The summed E-state index contributed by atoms with van der Waals surface area (Å²) in [7, 11) is 1.61. The lowest BCUT2D eigenvalue weighted by molar-refractivity contribution is 0.295. The summed E-state index contributed by atoms with van der Waals surface area (Å²) >= 11 is 12.0. The summed E-state index contributed by atoms with van der Waals surface area (Å²) in [5.74, 6) is 1.90. The second-order valence-corrected chi connectivity index (χ2v) is 5.54. The summed E-state index contributed by atoms with van der Waals surface area (Å²) in [4.78, 5) is 4.64. The van der Waals surface area contributed by atoms with E-state index in [1.807, 2.05) is 18.2 Å². The van der Waals surface area contributed by atoms with Crippen LogP contribution in [0.2, 0.25) is 5.02 Å². The Morgan fingerprint density at radius 3 is 2.67 bits per heavy atom. The van der Waals surface area contributed by atoms with E-state index < -0.39 is 0 Å². The summed E-state index contributed by atoms with van der Waals surface area (Å²) in [6.07, 6.45) is 2.72. The molecular weight excluding hydrogens is 309 g/mol. The highest BCUT2D eigenvalue weighted by Crippen LogP contribution is 2.35. The first-order valence-corrected chi connectivity index (χ1v) is 7.96. The van der Waals surface area contributed by atoms with Crippen LogP contribution in [0.3, 0.4) is 0 Å². The lowest BCUT2D eigenvalue weighted by Crippen LogP contribution is -2.01. The molecule has 21 heavy (non-hydrogen) atoms. The SMILES string of the molecule is CCCc1cc(Cl)c2cc(OC)c(OCCCCl)cc2n1. The third-order valence-corrected chi connectivity index (χ3v) is 3.72. The quantitative estimate of drug-likeness (QED) is 0.537. The van der Waals surface area contributed by atoms with Crippen LogP contribution in [-0.4, -0.2) is 24.6 Å². The molecule has 0 aliphatic heterocycles. The number of pyridine rings is 1. The predicted molar refractivity (Wildman–Crippen MR) is 88.1 cm³/mol. The molecule has 2 aromatic rings. The molecule has 0 saturated carbocycles. The Labute approximate surface area is 135 Å². The highest BCUT2D eigenvalue weighted by atomic mass is 35.5. The number of aromatic nitrogens is 1. The van der Waals surface area contributed by atoms with E-state index in [9.17, 15) is 0 Å². The lowest BCUT2D eigenvalue weighted by Gasteiger charge is -2.13. The van der Waals surface area contributed by atoms with Gasteiger partial charge < -0.3 is 9.47 Å². The van der Waals surface area contributed by atoms with Gasteiger partial charge in [-0.05, 0) is 25.0 Å². The Hall–Kier alpha value is -1.19. The molecule has 0 fully saturated rings. The van der Waals surface area contributed by atoms with Gasteiger partial charge in [0.25, 0.3) is 0 Å². The number of ether oxygens (including phenoxy) is 2. The van der Waals surface area contributed by atoms with Crippen LogP contribution in [-0.2, 0) is 6.42 Å². The summed E-state index contributed by atoms with van der Waals surface area (Å²) in [5.41, 5.74) is 1.82. The van der Waals surface area contributed by atoms with Gasteiger partial charge in [-0.2, -0.15) is 0 Å². The number of alkyl halides is 1. The first kappa shape index (κ1) is 16.2. The van der Waals surface area contributed by atoms with Crippen molar-refractivity contribution >= 4 is 34.1 Å². The number of methoxy groups -OCH3 is 1. The molecule has 0 N–H and O–H groups in total. The zero-order chi connectivity index (χ0) is 15.2. The second kappa shape index (κ2) is 7.71. The maximum Gasteiger partial charge on any atom is 0.163 e. The molecule has 0 saturated heterocycles. The van der Waals surface area contributed by atoms with Gasteiger partial charge in [-0.1, -0.05) is 24.9 Å². The molecular formula is C16H19Cl2NO2. The standard InChI is InChI=1S/C16H19Cl2NO2/c1-3-5-11-8-13(18)12-9-15(20-2)16(10-14(12)19-11)21-7-4-6-17/h8-10H,3-7H2,1-2H3. The van der Waals surface area contributed by atoms with E-state index in [4.69, 9.17) is 32.7 Å². The van der Waals surface area contributed by atoms with Crippen LogP contribution in [0.5, 0.6) is 11.5 Å². The lowest BCUT2D eigenvalue weighted by atomic mass is 10.1. The minimum Gasteiger partial charge on any atom is -0.493 e. The predicted octanol–water partition coefficient (Wildman–Crippen LogP) is 4.86. The van der Waals surface area contributed by atoms with Crippen molar-refractivity contribution in [2.75, 3.05) is 19.6 Å². The van der Waals surface area contributed by atoms with Gasteiger partial charge >= 0.3 is 0 Å². The molecule has 0 amide bonds. The number of rotatable bonds is 7. The van der Waals surface area contributed by atoms with E-state index in [1.165, 1.54) is 0 Å². The fraction of sp³-hybridized carbons (Fsp3) is 0.438. The number of nitrogens with zero attached hydrogens (tertiary/aromatic N) is 1. The molecule has 0 aliphatic rings. The number of fused-ring (bicyclic) bond motifs is 1. The van der Waals surface area contributed by atoms with Crippen LogP contribution in [0.4, 0.5) is 0 Å². The topological polar surface area (TPSA) is 31.4 Å². The van der Waals surface area contributed by atoms with Gasteiger partial charge in [0.05, 0.1) is 24.3 Å². The summed E-state index contributed by atoms with van der Waals surface area (Å²) in [6.45, 7) is 2.67. The summed E-state index contributed by atoms with van der Waals surface area (Å²) < 4.78 is 11.1. The molecule has 3 nitrogen and oxygen atoms in total. The minimum absolute atomic E-state index is 0.549. The number of halogens is 2. The Balaban J connectivity index is 2.43. The van der Waals surface area contributed by atoms with Gasteiger partial charge in [0.15, 0.2) is 11.5 Å². The maximum atomic E-state index is 6.35. The number of benzene rings is 1. The molecule has 0 atom stereocenters. The third-order valence-electron chi connectivity index (χ3n) is 3.14. The van der Waals surface area contributed by atoms with E-state index in [2.05, 4.69) is 11.9 Å². The van der Waals surface area contributed by atoms with Crippen LogP contribution >= 0.6 is 23.2 Å². The third kappa shape index (κ3) is 3.92. The molecule has 1 aromatic heterocycles. The van der Waals surface area contributed by atoms with E-state index in [0.29, 0.717) is 29.0 Å². The summed E-state index contributed by atoms with van der Waals surface area (Å²) in [5, 5.41) is 1.56.